The molecular weight excluding hydrogens is 404 g/mol. The van der Waals surface area contributed by atoms with Crippen LogP contribution in [-0.2, 0) is 22.4 Å². The van der Waals surface area contributed by atoms with Crippen molar-refractivity contribution in [2.45, 2.75) is 39.5 Å². The van der Waals surface area contributed by atoms with Gasteiger partial charge < -0.3 is 20.5 Å². The van der Waals surface area contributed by atoms with Crippen molar-refractivity contribution in [3.63, 3.8) is 0 Å². The third-order valence-electron chi connectivity index (χ3n) is 4.68. The van der Waals surface area contributed by atoms with Gasteiger partial charge in [0.2, 0.25) is 0 Å². The van der Waals surface area contributed by atoms with E-state index in [0.29, 0.717) is 34.4 Å². The third-order valence-corrected chi connectivity index (χ3v) is 5.89. The molecule has 1 aliphatic rings. The van der Waals surface area contributed by atoms with Gasteiger partial charge in [-0.05, 0) is 61.4 Å². The van der Waals surface area contributed by atoms with Gasteiger partial charge in [-0.3, -0.25) is 9.59 Å². The fourth-order valence-corrected chi connectivity index (χ4v) is 4.55. The van der Waals surface area contributed by atoms with Crippen molar-refractivity contribution in [1.29, 1.82) is 0 Å². The molecule has 1 heterocycles. The number of fused-ring (bicyclic) bond motifs is 1. The fourth-order valence-electron chi connectivity index (χ4n) is 3.24. The van der Waals surface area contributed by atoms with Crippen LogP contribution in [0.15, 0.2) is 24.3 Å². The van der Waals surface area contributed by atoms with E-state index in [1.807, 2.05) is 0 Å². The summed E-state index contributed by atoms with van der Waals surface area (Å²) in [6.45, 7) is 4.23. The molecule has 0 aliphatic heterocycles. The Kier molecular flexibility index (Phi) is 7.10. The quantitative estimate of drug-likeness (QED) is 0.623. The highest BCUT2D eigenvalue weighted by atomic mass is 32.1. The molecule has 0 bridgehead atoms. The van der Waals surface area contributed by atoms with Crippen LogP contribution in [0.1, 0.15) is 57.8 Å². The molecule has 0 fully saturated rings. The monoisotopic (exact) mass is 430 g/mol. The second kappa shape index (κ2) is 9.75. The van der Waals surface area contributed by atoms with E-state index < -0.39 is 24.4 Å². The van der Waals surface area contributed by atoms with Crippen molar-refractivity contribution < 1.29 is 23.9 Å². The van der Waals surface area contributed by atoms with Crippen molar-refractivity contribution in [2.24, 2.45) is 11.7 Å². The molecule has 1 aromatic heterocycles. The van der Waals surface area contributed by atoms with E-state index in [4.69, 9.17) is 15.2 Å². The largest absolute Gasteiger partial charge is 0.493 e. The number of amides is 2. The van der Waals surface area contributed by atoms with Gasteiger partial charge in [-0.2, -0.15) is 0 Å². The minimum Gasteiger partial charge on any atom is -0.493 e. The second-order valence-electron chi connectivity index (χ2n) is 7.63. The van der Waals surface area contributed by atoms with Gasteiger partial charge in [-0.25, -0.2) is 4.79 Å². The molecule has 2 aromatic rings. The molecule has 0 atom stereocenters. The lowest BCUT2D eigenvalue weighted by molar-refractivity contribution is -0.119. The number of aryl methyl sites for hydroxylation is 1. The number of nitrogens with one attached hydrogen (secondary N) is 1. The zero-order valence-electron chi connectivity index (χ0n) is 17.2. The van der Waals surface area contributed by atoms with Gasteiger partial charge in [0.05, 0.1) is 17.7 Å². The van der Waals surface area contributed by atoms with Crippen LogP contribution >= 0.6 is 11.3 Å². The molecule has 7 nitrogen and oxygen atoms in total. The van der Waals surface area contributed by atoms with Crippen molar-refractivity contribution in [3.8, 4) is 5.75 Å². The van der Waals surface area contributed by atoms with Gasteiger partial charge in [0.1, 0.15) is 10.8 Å². The highest BCUT2D eigenvalue weighted by Gasteiger charge is 2.25. The molecule has 1 aliphatic carbocycles. The number of hydrogen-bond acceptors (Lipinski definition) is 6. The summed E-state index contributed by atoms with van der Waals surface area (Å²) >= 11 is 1.37. The maximum absolute atomic E-state index is 12.3. The highest BCUT2D eigenvalue weighted by molar-refractivity contribution is 7.17. The Morgan fingerprint density at radius 1 is 1.13 bits per heavy atom. The summed E-state index contributed by atoms with van der Waals surface area (Å²) in [4.78, 5) is 37.4. The van der Waals surface area contributed by atoms with E-state index in [1.54, 1.807) is 24.3 Å². The first-order valence-corrected chi connectivity index (χ1v) is 10.8. The number of anilines is 1. The molecule has 2 amide bonds. The van der Waals surface area contributed by atoms with Crippen molar-refractivity contribution in [2.75, 3.05) is 18.5 Å². The lowest BCUT2D eigenvalue weighted by atomic mass is 9.95. The van der Waals surface area contributed by atoms with E-state index >= 15 is 0 Å². The lowest BCUT2D eigenvalue weighted by Crippen LogP contribution is -2.23. The summed E-state index contributed by atoms with van der Waals surface area (Å²) in [7, 11) is 0. The number of nitrogens with two attached hydrogens (primary N) is 1. The van der Waals surface area contributed by atoms with E-state index in [0.717, 1.165) is 36.1 Å². The van der Waals surface area contributed by atoms with E-state index in [-0.39, 0.29) is 0 Å². The van der Waals surface area contributed by atoms with Crippen molar-refractivity contribution in [3.05, 3.63) is 45.8 Å². The number of benzene rings is 1. The van der Waals surface area contributed by atoms with Crippen LogP contribution in [0.25, 0.3) is 0 Å². The van der Waals surface area contributed by atoms with E-state index in [2.05, 4.69) is 19.2 Å². The predicted octanol–water partition coefficient (Wildman–Crippen LogP) is 3.56. The van der Waals surface area contributed by atoms with Crippen LogP contribution in [0, 0.1) is 5.92 Å². The first-order valence-electron chi connectivity index (χ1n) is 9.99. The highest BCUT2D eigenvalue weighted by Crippen LogP contribution is 2.37. The number of primary amides is 1. The van der Waals surface area contributed by atoms with Gasteiger partial charge in [-0.15, -0.1) is 11.3 Å². The molecular formula is C22H26N2O5S. The second-order valence-corrected chi connectivity index (χ2v) is 8.74. The van der Waals surface area contributed by atoms with Gasteiger partial charge in [0.25, 0.3) is 11.8 Å². The fraction of sp³-hybridized carbons (Fsp3) is 0.409. The summed E-state index contributed by atoms with van der Waals surface area (Å²) in [5.74, 6) is -0.611. The summed E-state index contributed by atoms with van der Waals surface area (Å²) in [6, 6.07) is 6.56. The molecule has 0 spiro atoms. The Morgan fingerprint density at radius 2 is 1.83 bits per heavy atom. The Hall–Kier alpha value is -2.87. The number of ether oxygens (including phenoxy) is 2. The lowest BCUT2D eigenvalue weighted by Gasteiger charge is -2.11. The summed E-state index contributed by atoms with van der Waals surface area (Å²) in [6.07, 6.45) is 3.71. The zero-order valence-corrected chi connectivity index (χ0v) is 18.0. The number of carbonyl (C=O) groups excluding carboxylic acids is 3. The van der Waals surface area contributed by atoms with Crippen molar-refractivity contribution >= 4 is 34.1 Å². The van der Waals surface area contributed by atoms with Crippen LogP contribution in [-0.4, -0.2) is 31.0 Å². The van der Waals surface area contributed by atoms with Gasteiger partial charge in [0, 0.05) is 4.88 Å². The Bertz CT molecular complexity index is 934. The van der Waals surface area contributed by atoms with E-state index in [9.17, 15) is 14.4 Å². The summed E-state index contributed by atoms with van der Waals surface area (Å²) < 4.78 is 10.7. The average molecular weight is 431 g/mol. The average Bonchev–Trinajstić information content (AvgIpc) is 3.08. The number of carbonyl (C=O) groups is 3. The van der Waals surface area contributed by atoms with Crippen LogP contribution in [0.5, 0.6) is 5.75 Å². The SMILES string of the molecule is CC(C)COc1ccc(C(=O)OCC(=O)Nc2sc3c(c2C(N)=O)CCCC3)cc1. The Balaban J connectivity index is 1.56. The summed E-state index contributed by atoms with van der Waals surface area (Å²) in [5.41, 5.74) is 7.17. The van der Waals surface area contributed by atoms with Gasteiger partial charge in [0.15, 0.2) is 6.61 Å². The summed E-state index contributed by atoms with van der Waals surface area (Å²) in [5, 5.41) is 3.11. The topological polar surface area (TPSA) is 108 Å². The molecule has 0 radical (unpaired) electrons. The van der Waals surface area contributed by atoms with Gasteiger partial charge >= 0.3 is 5.97 Å². The maximum Gasteiger partial charge on any atom is 0.338 e. The normalized spacial score (nSPS) is 12.9. The number of esters is 1. The molecule has 3 rings (SSSR count). The molecule has 0 saturated carbocycles. The van der Waals surface area contributed by atoms with Crippen LogP contribution in [0.3, 0.4) is 0 Å². The number of rotatable bonds is 8. The molecule has 3 N–H and O–H groups in total. The molecule has 8 heteroatoms. The Labute approximate surface area is 179 Å². The molecule has 0 unspecified atom stereocenters. The minimum atomic E-state index is -0.610. The molecule has 1 aromatic carbocycles. The maximum atomic E-state index is 12.3. The molecule has 0 saturated heterocycles. The zero-order chi connectivity index (χ0) is 21.7. The first-order chi connectivity index (χ1) is 14.3. The molecule has 160 valence electrons. The first kappa shape index (κ1) is 21.8. The standard InChI is InChI=1S/C22H26N2O5S/c1-13(2)11-28-15-9-7-14(8-10-15)22(27)29-12-18(25)24-21-19(20(23)26)16-5-3-4-6-17(16)30-21/h7-10,13H,3-6,11-12H2,1-2H3,(H2,23,26)(H,24,25). The van der Waals surface area contributed by atoms with Crippen LogP contribution in [0.2, 0.25) is 0 Å². The van der Waals surface area contributed by atoms with Crippen molar-refractivity contribution in [1.82, 2.24) is 0 Å². The number of thiophene rings is 1. The predicted molar refractivity (Wildman–Crippen MR) is 115 cm³/mol. The minimum absolute atomic E-state index is 0.323. The molecule has 30 heavy (non-hydrogen) atoms. The van der Waals surface area contributed by atoms with Crippen LogP contribution in [0.4, 0.5) is 5.00 Å². The Morgan fingerprint density at radius 3 is 2.50 bits per heavy atom. The smallest absolute Gasteiger partial charge is 0.338 e. The third kappa shape index (κ3) is 5.38. The van der Waals surface area contributed by atoms with E-state index in [1.165, 1.54) is 11.3 Å². The van der Waals surface area contributed by atoms with Crippen LogP contribution < -0.4 is 15.8 Å². The number of hydrogen-bond donors (Lipinski definition) is 2. The van der Waals surface area contributed by atoms with Gasteiger partial charge in [-0.1, -0.05) is 13.8 Å².